The second-order valence-electron chi connectivity index (χ2n) is 1.13. The molecular formula is C3H9Cl2NO3. The average molecular weight is 178 g/mol. The minimum atomic E-state index is -1.18. The van der Waals surface area contributed by atoms with E-state index in [0.717, 1.165) is 0 Å². The van der Waals surface area contributed by atoms with Crippen LogP contribution in [-0.4, -0.2) is 28.8 Å². The van der Waals surface area contributed by atoms with Crippen molar-refractivity contribution in [2.24, 2.45) is 5.73 Å². The summed E-state index contributed by atoms with van der Waals surface area (Å²) < 4.78 is 0. The van der Waals surface area contributed by atoms with Gasteiger partial charge in [-0.15, -0.1) is 24.8 Å². The zero-order valence-corrected chi connectivity index (χ0v) is 6.11. The van der Waals surface area contributed by atoms with Crippen molar-refractivity contribution in [3.63, 3.8) is 0 Å². The third-order valence-corrected chi connectivity index (χ3v) is 0.514. The number of carboxylic acids is 1. The van der Waals surface area contributed by atoms with Crippen LogP contribution in [0.2, 0.25) is 0 Å². The summed E-state index contributed by atoms with van der Waals surface area (Å²) in [6.45, 7) is -0.505. The molecule has 4 nitrogen and oxygen atoms in total. The summed E-state index contributed by atoms with van der Waals surface area (Å²) in [5.41, 5.74) is 4.77. The fourth-order valence-electron chi connectivity index (χ4n) is 0.0781. The van der Waals surface area contributed by atoms with Gasteiger partial charge in [-0.1, -0.05) is 0 Å². The molecule has 9 heavy (non-hydrogen) atoms. The maximum Gasteiger partial charge on any atom is 0.322 e. The molecule has 0 saturated carbocycles. The zero-order chi connectivity index (χ0) is 5.86. The Bertz CT molecular complexity index is 79.5. The van der Waals surface area contributed by atoms with Gasteiger partial charge in [0.1, 0.15) is 6.04 Å². The van der Waals surface area contributed by atoms with Crippen molar-refractivity contribution < 1.29 is 15.0 Å². The maximum absolute atomic E-state index is 9.65. The van der Waals surface area contributed by atoms with Crippen LogP contribution in [0.5, 0.6) is 0 Å². The number of hydrogen-bond acceptors (Lipinski definition) is 3. The van der Waals surface area contributed by atoms with E-state index < -0.39 is 18.6 Å². The molecule has 6 heteroatoms. The number of aliphatic carboxylic acids is 1. The molecule has 0 heterocycles. The highest BCUT2D eigenvalue weighted by Crippen LogP contribution is 1.71. The van der Waals surface area contributed by atoms with E-state index in [-0.39, 0.29) is 24.8 Å². The number of halogens is 2. The first-order chi connectivity index (χ1) is 3.18. The molecule has 0 aromatic rings. The number of hydrogen-bond donors (Lipinski definition) is 3. The average Bonchev–Trinajstić information content (AvgIpc) is 1.65. The van der Waals surface area contributed by atoms with E-state index in [2.05, 4.69) is 0 Å². The molecule has 58 valence electrons. The predicted octanol–water partition coefficient (Wildman–Crippen LogP) is -0.766. The van der Waals surface area contributed by atoms with E-state index >= 15 is 0 Å². The first-order valence-electron chi connectivity index (χ1n) is 1.77. The Morgan fingerprint density at radius 3 is 1.89 bits per heavy atom. The lowest BCUT2D eigenvalue weighted by Gasteiger charge is -1.96. The van der Waals surface area contributed by atoms with Crippen LogP contribution < -0.4 is 5.73 Å². The lowest BCUT2D eigenvalue weighted by Crippen LogP contribution is -2.33. The first kappa shape index (κ1) is 16.0. The zero-order valence-electron chi connectivity index (χ0n) is 4.48. The van der Waals surface area contributed by atoms with Crippen molar-refractivity contribution in [3.8, 4) is 0 Å². The van der Waals surface area contributed by atoms with Gasteiger partial charge in [0.05, 0.1) is 6.61 Å². The number of aliphatic hydroxyl groups excluding tert-OH is 1. The van der Waals surface area contributed by atoms with Crippen molar-refractivity contribution in [1.29, 1.82) is 0 Å². The van der Waals surface area contributed by atoms with Gasteiger partial charge < -0.3 is 15.9 Å². The summed E-state index contributed by atoms with van der Waals surface area (Å²) in [5.74, 6) is -1.18. The normalized spacial score (nSPS) is 10.4. The van der Waals surface area contributed by atoms with Crippen LogP contribution in [0.4, 0.5) is 0 Å². The SMILES string of the molecule is Cl.Cl.N[C@H](CO)C(=O)O. The van der Waals surface area contributed by atoms with Crippen molar-refractivity contribution in [2.45, 2.75) is 6.04 Å². The molecule has 0 aromatic carbocycles. The molecule has 1 atom stereocenters. The van der Waals surface area contributed by atoms with Crippen LogP contribution in [0.1, 0.15) is 0 Å². The standard InChI is InChI=1S/C3H7NO3.2ClH/c4-2(1-5)3(6)7;;/h2,5H,1,4H2,(H,6,7);2*1H/t2-;;/m1../s1. The second kappa shape index (κ2) is 7.97. The van der Waals surface area contributed by atoms with Gasteiger partial charge >= 0.3 is 5.97 Å². The topological polar surface area (TPSA) is 83.5 Å². The highest BCUT2D eigenvalue weighted by Gasteiger charge is 2.06. The van der Waals surface area contributed by atoms with E-state index in [9.17, 15) is 4.79 Å². The third-order valence-electron chi connectivity index (χ3n) is 0.514. The van der Waals surface area contributed by atoms with Gasteiger partial charge in [0.15, 0.2) is 0 Å². The maximum atomic E-state index is 9.65. The Morgan fingerprint density at radius 1 is 1.56 bits per heavy atom. The summed E-state index contributed by atoms with van der Waals surface area (Å²) in [6.07, 6.45) is 0. The van der Waals surface area contributed by atoms with E-state index in [0.29, 0.717) is 0 Å². The van der Waals surface area contributed by atoms with E-state index in [4.69, 9.17) is 15.9 Å². The number of rotatable bonds is 2. The third kappa shape index (κ3) is 7.97. The van der Waals surface area contributed by atoms with Gasteiger partial charge in [-0.05, 0) is 0 Å². The van der Waals surface area contributed by atoms with E-state index in [1.165, 1.54) is 0 Å². The molecule has 0 aliphatic carbocycles. The molecule has 4 N–H and O–H groups in total. The van der Waals surface area contributed by atoms with Crippen LogP contribution in [-0.2, 0) is 4.79 Å². The minimum Gasteiger partial charge on any atom is -0.480 e. The summed E-state index contributed by atoms with van der Waals surface area (Å²) >= 11 is 0. The summed E-state index contributed by atoms with van der Waals surface area (Å²) in [4.78, 5) is 9.65. The molecule has 0 unspecified atom stereocenters. The van der Waals surface area contributed by atoms with Crippen LogP contribution in [0.25, 0.3) is 0 Å². The van der Waals surface area contributed by atoms with Gasteiger partial charge in [0.25, 0.3) is 0 Å². The Kier molecular flexibility index (Phi) is 14.2. The molecule has 0 aromatic heterocycles. The Labute approximate surface area is 64.9 Å². The Balaban J connectivity index is -0.000000180. The Morgan fingerprint density at radius 2 is 1.89 bits per heavy atom. The molecule has 0 fully saturated rings. The van der Waals surface area contributed by atoms with E-state index in [1.54, 1.807) is 0 Å². The lowest BCUT2D eigenvalue weighted by atomic mass is 10.3. The van der Waals surface area contributed by atoms with Gasteiger partial charge in [-0.25, -0.2) is 0 Å². The number of carbonyl (C=O) groups is 1. The predicted molar refractivity (Wildman–Crippen MR) is 37.2 cm³/mol. The molecule has 0 aliphatic rings. The van der Waals surface area contributed by atoms with Crippen molar-refractivity contribution in [3.05, 3.63) is 0 Å². The fourth-order valence-corrected chi connectivity index (χ4v) is 0.0781. The summed E-state index contributed by atoms with van der Waals surface area (Å²) in [6, 6.07) is -1.13. The van der Waals surface area contributed by atoms with E-state index in [1.807, 2.05) is 0 Å². The molecule has 0 bridgehead atoms. The fraction of sp³-hybridized carbons (Fsp3) is 0.667. The van der Waals surface area contributed by atoms with Gasteiger partial charge in [-0.3, -0.25) is 4.79 Å². The van der Waals surface area contributed by atoms with Crippen LogP contribution >= 0.6 is 24.8 Å². The quantitative estimate of drug-likeness (QED) is 0.518. The smallest absolute Gasteiger partial charge is 0.322 e. The first-order valence-corrected chi connectivity index (χ1v) is 1.77. The summed E-state index contributed by atoms with van der Waals surface area (Å²) in [5, 5.41) is 15.9. The molecule has 0 rings (SSSR count). The summed E-state index contributed by atoms with van der Waals surface area (Å²) in [7, 11) is 0. The molecule has 0 saturated heterocycles. The van der Waals surface area contributed by atoms with Gasteiger partial charge in [0.2, 0.25) is 0 Å². The van der Waals surface area contributed by atoms with Crippen molar-refractivity contribution in [2.75, 3.05) is 6.61 Å². The van der Waals surface area contributed by atoms with Crippen molar-refractivity contribution in [1.82, 2.24) is 0 Å². The molecular weight excluding hydrogens is 169 g/mol. The molecule has 0 amide bonds. The lowest BCUT2D eigenvalue weighted by molar-refractivity contribution is -0.139. The highest BCUT2D eigenvalue weighted by molar-refractivity contribution is 5.85. The largest absolute Gasteiger partial charge is 0.480 e. The van der Waals surface area contributed by atoms with Crippen LogP contribution in [0, 0.1) is 0 Å². The second-order valence-corrected chi connectivity index (χ2v) is 1.13. The van der Waals surface area contributed by atoms with Crippen LogP contribution in [0.3, 0.4) is 0 Å². The molecule has 0 spiro atoms. The van der Waals surface area contributed by atoms with Crippen LogP contribution in [0.15, 0.2) is 0 Å². The van der Waals surface area contributed by atoms with Crippen molar-refractivity contribution >= 4 is 30.8 Å². The minimum absolute atomic E-state index is 0. The van der Waals surface area contributed by atoms with Gasteiger partial charge in [0, 0.05) is 0 Å². The Hall–Kier alpha value is -0.0300. The highest BCUT2D eigenvalue weighted by atomic mass is 35.5. The molecule has 0 aliphatic heterocycles. The number of carboxylic acid groups (broad SMARTS) is 1. The monoisotopic (exact) mass is 177 g/mol. The van der Waals surface area contributed by atoms with Gasteiger partial charge in [-0.2, -0.15) is 0 Å². The number of aliphatic hydroxyl groups is 1. The molecule has 0 radical (unpaired) electrons. The number of nitrogens with two attached hydrogens (primary N) is 1.